The minimum absolute atomic E-state index is 0.809. The summed E-state index contributed by atoms with van der Waals surface area (Å²) in [5, 5.41) is 0. The van der Waals surface area contributed by atoms with E-state index in [9.17, 15) is 0 Å². The summed E-state index contributed by atoms with van der Waals surface area (Å²) in [6.45, 7) is 3.45. The second-order valence-corrected chi connectivity index (χ2v) is 4.40. The Morgan fingerprint density at radius 1 is 1.08 bits per heavy atom. The van der Waals surface area contributed by atoms with Crippen LogP contribution in [0, 0.1) is 5.92 Å². The van der Waals surface area contributed by atoms with Crippen LogP contribution in [0.5, 0.6) is 0 Å². The molecule has 0 spiro atoms. The quantitative estimate of drug-likeness (QED) is 0.674. The number of rotatable bonds is 1. The van der Waals surface area contributed by atoms with Crippen molar-refractivity contribution in [3.05, 3.63) is 0 Å². The fourth-order valence-corrected chi connectivity index (χ4v) is 2.12. The van der Waals surface area contributed by atoms with Gasteiger partial charge in [-0.05, 0) is 58.3 Å². The molecule has 13 heavy (non-hydrogen) atoms. The lowest BCUT2D eigenvalue weighted by atomic mass is 9.95. The Hall–Kier alpha value is -0.0800. The van der Waals surface area contributed by atoms with Crippen LogP contribution in [0.15, 0.2) is 0 Å². The van der Waals surface area contributed by atoms with Gasteiger partial charge < -0.3 is 10.6 Å². The Kier molecular flexibility index (Phi) is 5.40. The van der Waals surface area contributed by atoms with Crippen molar-refractivity contribution >= 4 is 0 Å². The summed E-state index contributed by atoms with van der Waals surface area (Å²) in [6, 6.07) is 0. The molecule has 2 nitrogen and oxygen atoms in total. The summed E-state index contributed by atoms with van der Waals surface area (Å²) in [6.07, 6.45) is 8.15. The maximum Gasteiger partial charge on any atom is -0.00218 e. The van der Waals surface area contributed by atoms with Gasteiger partial charge in [0.25, 0.3) is 0 Å². The average molecular weight is 184 g/mol. The van der Waals surface area contributed by atoms with Crippen LogP contribution in [0.25, 0.3) is 0 Å². The van der Waals surface area contributed by atoms with Gasteiger partial charge in [0.15, 0.2) is 0 Å². The Bertz CT molecular complexity index is 113. The van der Waals surface area contributed by atoms with Crippen LogP contribution in [-0.2, 0) is 0 Å². The van der Waals surface area contributed by atoms with E-state index in [1.165, 1.54) is 51.6 Å². The number of nitrogens with two attached hydrogens (primary N) is 1. The third-order valence-electron chi connectivity index (χ3n) is 3.14. The van der Waals surface area contributed by atoms with Crippen molar-refractivity contribution in [3.8, 4) is 0 Å². The lowest BCUT2D eigenvalue weighted by Crippen LogP contribution is -2.23. The summed E-state index contributed by atoms with van der Waals surface area (Å²) < 4.78 is 0. The molecule has 2 N–H and O–H groups in total. The molecule has 1 heterocycles. The number of hydrogen-bond donors (Lipinski definition) is 1. The van der Waals surface area contributed by atoms with E-state index < -0.39 is 0 Å². The third kappa shape index (κ3) is 4.63. The van der Waals surface area contributed by atoms with Crippen molar-refractivity contribution in [3.63, 3.8) is 0 Å². The lowest BCUT2D eigenvalue weighted by molar-refractivity contribution is 0.288. The van der Waals surface area contributed by atoms with Crippen LogP contribution in [0.2, 0.25) is 0 Å². The predicted octanol–water partition coefficient (Wildman–Crippen LogP) is 1.85. The topological polar surface area (TPSA) is 29.3 Å². The maximum absolute atomic E-state index is 5.73. The fraction of sp³-hybridized carbons (Fsp3) is 1.00. The Morgan fingerprint density at radius 2 is 1.62 bits per heavy atom. The highest BCUT2D eigenvalue weighted by molar-refractivity contribution is 4.64. The van der Waals surface area contributed by atoms with Crippen LogP contribution >= 0.6 is 0 Å². The minimum Gasteiger partial charge on any atom is -0.330 e. The molecular weight excluding hydrogens is 160 g/mol. The van der Waals surface area contributed by atoms with E-state index >= 15 is 0 Å². The monoisotopic (exact) mass is 184 g/mol. The van der Waals surface area contributed by atoms with Gasteiger partial charge in [0.05, 0.1) is 0 Å². The second kappa shape index (κ2) is 6.39. The van der Waals surface area contributed by atoms with Crippen LogP contribution in [0.4, 0.5) is 0 Å². The van der Waals surface area contributed by atoms with Gasteiger partial charge in [-0.2, -0.15) is 0 Å². The lowest BCUT2D eigenvalue weighted by Gasteiger charge is -2.21. The zero-order valence-corrected chi connectivity index (χ0v) is 8.97. The highest BCUT2D eigenvalue weighted by Crippen LogP contribution is 2.16. The first-order valence-corrected chi connectivity index (χ1v) is 5.71. The van der Waals surface area contributed by atoms with Gasteiger partial charge in [0.1, 0.15) is 0 Å². The second-order valence-electron chi connectivity index (χ2n) is 4.40. The molecule has 78 valence electrons. The van der Waals surface area contributed by atoms with E-state index in [-0.39, 0.29) is 0 Å². The molecule has 1 aliphatic heterocycles. The summed E-state index contributed by atoms with van der Waals surface area (Å²) in [5.74, 6) is 0.809. The molecule has 0 saturated carbocycles. The molecule has 1 fully saturated rings. The molecule has 0 unspecified atom stereocenters. The van der Waals surface area contributed by atoms with E-state index in [0.29, 0.717) is 0 Å². The Morgan fingerprint density at radius 3 is 2.08 bits per heavy atom. The first kappa shape index (κ1) is 11.0. The SMILES string of the molecule is CN1CCCCC(CN)CCCC1. The average Bonchev–Trinajstić information content (AvgIpc) is 2.16. The van der Waals surface area contributed by atoms with Gasteiger partial charge in [-0.25, -0.2) is 0 Å². The molecule has 0 radical (unpaired) electrons. The smallest absolute Gasteiger partial charge is 0.00218 e. The largest absolute Gasteiger partial charge is 0.330 e. The molecule has 2 heteroatoms. The maximum atomic E-state index is 5.73. The Labute approximate surface area is 82.5 Å². The molecular formula is C11H24N2. The van der Waals surface area contributed by atoms with Gasteiger partial charge >= 0.3 is 0 Å². The molecule has 0 aromatic carbocycles. The molecule has 0 bridgehead atoms. The van der Waals surface area contributed by atoms with Crippen molar-refractivity contribution in [1.29, 1.82) is 0 Å². The fourth-order valence-electron chi connectivity index (χ4n) is 2.12. The van der Waals surface area contributed by atoms with Gasteiger partial charge in [0, 0.05) is 0 Å². The van der Waals surface area contributed by atoms with E-state index in [2.05, 4.69) is 11.9 Å². The first-order valence-electron chi connectivity index (χ1n) is 5.71. The summed E-state index contributed by atoms with van der Waals surface area (Å²) >= 11 is 0. The minimum atomic E-state index is 0.809. The zero-order valence-electron chi connectivity index (χ0n) is 8.97. The summed E-state index contributed by atoms with van der Waals surface area (Å²) in [7, 11) is 2.24. The standard InChI is InChI=1S/C11H24N2/c1-13-8-4-2-6-11(10-12)7-3-5-9-13/h11H,2-10,12H2,1H3. The van der Waals surface area contributed by atoms with Crippen molar-refractivity contribution in [1.82, 2.24) is 4.90 Å². The zero-order chi connectivity index (χ0) is 9.52. The van der Waals surface area contributed by atoms with E-state index in [1.54, 1.807) is 0 Å². The molecule has 0 aromatic rings. The third-order valence-corrected chi connectivity index (χ3v) is 3.14. The molecule has 1 saturated heterocycles. The highest BCUT2D eigenvalue weighted by atomic mass is 15.1. The molecule has 1 aliphatic rings. The van der Waals surface area contributed by atoms with Crippen molar-refractivity contribution in [2.24, 2.45) is 11.7 Å². The molecule has 0 amide bonds. The van der Waals surface area contributed by atoms with Crippen molar-refractivity contribution in [2.45, 2.75) is 38.5 Å². The van der Waals surface area contributed by atoms with Crippen LogP contribution in [0.1, 0.15) is 38.5 Å². The normalized spacial score (nSPS) is 24.5. The van der Waals surface area contributed by atoms with Crippen LogP contribution < -0.4 is 5.73 Å². The predicted molar refractivity (Wildman–Crippen MR) is 57.7 cm³/mol. The van der Waals surface area contributed by atoms with Crippen LogP contribution in [-0.4, -0.2) is 31.6 Å². The molecule has 1 rings (SSSR count). The molecule has 0 atom stereocenters. The summed E-state index contributed by atoms with van der Waals surface area (Å²) in [4.78, 5) is 2.46. The van der Waals surface area contributed by atoms with Gasteiger partial charge in [-0.3, -0.25) is 0 Å². The Balaban J connectivity index is 2.24. The van der Waals surface area contributed by atoms with Gasteiger partial charge in [-0.1, -0.05) is 12.8 Å². The molecule has 0 aromatic heterocycles. The van der Waals surface area contributed by atoms with E-state index in [1.807, 2.05) is 0 Å². The van der Waals surface area contributed by atoms with E-state index in [0.717, 1.165) is 12.5 Å². The van der Waals surface area contributed by atoms with E-state index in [4.69, 9.17) is 5.73 Å². The molecule has 0 aliphatic carbocycles. The summed E-state index contributed by atoms with van der Waals surface area (Å²) in [5.41, 5.74) is 5.73. The number of hydrogen-bond acceptors (Lipinski definition) is 2. The van der Waals surface area contributed by atoms with Crippen molar-refractivity contribution < 1.29 is 0 Å². The number of nitrogens with zero attached hydrogens (tertiary/aromatic N) is 1. The van der Waals surface area contributed by atoms with Gasteiger partial charge in [0.2, 0.25) is 0 Å². The first-order chi connectivity index (χ1) is 6.33. The van der Waals surface area contributed by atoms with Crippen molar-refractivity contribution in [2.75, 3.05) is 26.7 Å². The highest BCUT2D eigenvalue weighted by Gasteiger charge is 2.09. The van der Waals surface area contributed by atoms with Crippen LogP contribution in [0.3, 0.4) is 0 Å². The van der Waals surface area contributed by atoms with Gasteiger partial charge in [-0.15, -0.1) is 0 Å².